The fourth-order valence-electron chi connectivity index (χ4n) is 3.78. The minimum Gasteiger partial charge on any atom is -0.493 e. The zero-order valence-electron chi connectivity index (χ0n) is 15.3. The van der Waals surface area contributed by atoms with Crippen LogP contribution in [0.3, 0.4) is 0 Å². The first-order valence-electron chi connectivity index (χ1n) is 9.00. The van der Waals surface area contributed by atoms with Gasteiger partial charge in [0.05, 0.1) is 20.8 Å². The second kappa shape index (κ2) is 7.81. The highest BCUT2D eigenvalue weighted by Crippen LogP contribution is 2.38. The van der Waals surface area contributed by atoms with E-state index in [1.165, 1.54) is 16.7 Å². The Morgan fingerprint density at radius 1 is 1.16 bits per heavy atom. The maximum absolute atomic E-state index is 11.8. The molecule has 25 heavy (non-hydrogen) atoms. The molecule has 136 valence electrons. The van der Waals surface area contributed by atoms with Crippen LogP contribution >= 0.6 is 0 Å². The predicted octanol–water partition coefficient (Wildman–Crippen LogP) is 3.90. The van der Waals surface area contributed by atoms with E-state index in [1.807, 2.05) is 11.8 Å². The molecular weight excluding hydrogens is 318 g/mol. The van der Waals surface area contributed by atoms with Crippen molar-refractivity contribution in [3.8, 4) is 11.5 Å². The van der Waals surface area contributed by atoms with Crippen molar-refractivity contribution in [1.82, 2.24) is 4.90 Å². The van der Waals surface area contributed by atoms with Gasteiger partial charge < -0.3 is 19.1 Å². The van der Waals surface area contributed by atoms with E-state index < -0.39 is 0 Å². The molecule has 0 N–H and O–H groups in total. The minimum absolute atomic E-state index is 0.173. The summed E-state index contributed by atoms with van der Waals surface area (Å²) in [7, 11) is 3.34. The lowest BCUT2D eigenvalue weighted by Gasteiger charge is -2.31. The number of hydrogen-bond acceptors (Lipinski definition) is 4. The van der Waals surface area contributed by atoms with Gasteiger partial charge in [0.1, 0.15) is 0 Å². The molecule has 1 saturated heterocycles. The molecule has 1 amide bonds. The van der Waals surface area contributed by atoms with Crippen LogP contribution in [0.25, 0.3) is 6.08 Å². The smallest absolute Gasteiger partial charge is 0.409 e. The summed E-state index contributed by atoms with van der Waals surface area (Å²) >= 11 is 0. The lowest BCUT2D eigenvalue weighted by atomic mass is 9.89. The van der Waals surface area contributed by atoms with Gasteiger partial charge in [0.25, 0.3) is 0 Å². The molecule has 1 aliphatic carbocycles. The maximum Gasteiger partial charge on any atom is 0.409 e. The first-order chi connectivity index (χ1) is 12.1. The zero-order valence-corrected chi connectivity index (χ0v) is 15.3. The van der Waals surface area contributed by atoms with Crippen LogP contribution in [0.15, 0.2) is 17.7 Å². The number of benzene rings is 1. The summed E-state index contributed by atoms with van der Waals surface area (Å²) in [5.41, 5.74) is 3.99. The molecule has 0 atom stereocenters. The zero-order chi connectivity index (χ0) is 17.8. The van der Waals surface area contributed by atoms with Gasteiger partial charge in [0.15, 0.2) is 11.5 Å². The summed E-state index contributed by atoms with van der Waals surface area (Å²) in [4.78, 5) is 13.6. The van der Waals surface area contributed by atoms with Gasteiger partial charge in [-0.2, -0.15) is 0 Å². The van der Waals surface area contributed by atoms with E-state index in [4.69, 9.17) is 14.2 Å². The summed E-state index contributed by atoms with van der Waals surface area (Å²) < 4.78 is 15.9. The Morgan fingerprint density at radius 2 is 1.84 bits per heavy atom. The molecule has 1 fully saturated rings. The molecule has 1 aromatic rings. The largest absolute Gasteiger partial charge is 0.493 e. The Bertz CT molecular complexity index is 660. The topological polar surface area (TPSA) is 48.0 Å². The van der Waals surface area contributed by atoms with Gasteiger partial charge in [0.2, 0.25) is 0 Å². The van der Waals surface area contributed by atoms with Crippen LogP contribution in [-0.2, 0) is 11.2 Å². The molecule has 1 aromatic carbocycles. The van der Waals surface area contributed by atoms with Gasteiger partial charge in [0, 0.05) is 13.1 Å². The van der Waals surface area contributed by atoms with Crippen LogP contribution in [-0.4, -0.2) is 44.9 Å². The molecule has 0 aromatic heterocycles. The first kappa shape index (κ1) is 17.6. The Balaban J connectivity index is 1.57. The van der Waals surface area contributed by atoms with Crippen molar-refractivity contribution in [3.05, 3.63) is 28.8 Å². The van der Waals surface area contributed by atoms with E-state index in [0.717, 1.165) is 50.3 Å². The minimum atomic E-state index is -0.173. The Kier molecular flexibility index (Phi) is 5.51. The van der Waals surface area contributed by atoms with Crippen molar-refractivity contribution in [3.63, 3.8) is 0 Å². The quantitative estimate of drug-likeness (QED) is 0.812. The van der Waals surface area contributed by atoms with E-state index in [-0.39, 0.29) is 6.09 Å². The second-order valence-electron chi connectivity index (χ2n) is 6.72. The number of ether oxygens (including phenoxy) is 3. The van der Waals surface area contributed by atoms with Crippen molar-refractivity contribution in [2.75, 3.05) is 33.9 Å². The molecule has 0 radical (unpaired) electrons. The highest BCUT2D eigenvalue weighted by molar-refractivity contribution is 5.68. The molecule has 0 bridgehead atoms. The number of fused-ring (bicyclic) bond motifs is 1. The third-order valence-corrected chi connectivity index (χ3v) is 5.11. The molecule has 5 heteroatoms. The summed E-state index contributed by atoms with van der Waals surface area (Å²) in [5, 5.41) is 0. The standard InChI is InChI=1S/C20H27NO4/c1-4-25-20(22)21-7-5-14(6-8-21)9-15-10-16-12-18(23-2)19(24-3)13-17(16)11-15/h10,12-14H,4-9,11H2,1-3H3. The molecule has 1 heterocycles. The van der Waals surface area contributed by atoms with Crippen LogP contribution < -0.4 is 9.47 Å². The summed E-state index contributed by atoms with van der Waals surface area (Å²) in [6.45, 7) is 3.88. The van der Waals surface area contributed by atoms with Crippen LogP contribution in [0, 0.1) is 5.92 Å². The van der Waals surface area contributed by atoms with Crippen LogP contribution in [0.1, 0.15) is 37.3 Å². The van der Waals surface area contributed by atoms with Crippen LogP contribution in [0.4, 0.5) is 4.79 Å². The number of piperidine rings is 1. The van der Waals surface area contributed by atoms with Crippen LogP contribution in [0.2, 0.25) is 0 Å². The van der Waals surface area contributed by atoms with E-state index in [2.05, 4.69) is 18.2 Å². The third kappa shape index (κ3) is 3.91. The Hall–Kier alpha value is -2.17. The van der Waals surface area contributed by atoms with Crippen molar-refractivity contribution in [1.29, 1.82) is 0 Å². The average molecular weight is 345 g/mol. The van der Waals surface area contributed by atoms with E-state index in [0.29, 0.717) is 12.5 Å². The van der Waals surface area contributed by atoms with Crippen molar-refractivity contribution in [2.24, 2.45) is 5.92 Å². The number of allylic oxidation sites excluding steroid dienone is 1. The van der Waals surface area contributed by atoms with E-state index >= 15 is 0 Å². The van der Waals surface area contributed by atoms with Crippen molar-refractivity contribution < 1.29 is 19.0 Å². The fraction of sp³-hybridized carbons (Fsp3) is 0.550. The number of likely N-dealkylation sites (tertiary alicyclic amines) is 1. The molecular formula is C20H27NO4. The fourth-order valence-corrected chi connectivity index (χ4v) is 3.78. The summed E-state index contributed by atoms with van der Waals surface area (Å²) in [6.07, 6.45) is 6.27. The van der Waals surface area contributed by atoms with Gasteiger partial charge in [-0.25, -0.2) is 4.79 Å². The normalized spacial score (nSPS) is 17.1. The highest BCUT2D eigenvalue weighted by atomic mass is 16.6. The number of hydrogen-bond donors (Lipinski definition) is 0. The van der Waals surface area contributed by atoms with E-state index in [1.54, 1.807) is 14.2 Å². The number of nitrogens with zero attached hydrogens (tertiary/aromatic N) is 1. The van der Waals surface area contributed by atoms with Crippen molar-refractivity contribution >= 4 is 12.2 Å². The Labute approximate surface area is 149 Å². The summed E-state index contributed by atoms with van der Waals surface area (Å²) in [6, 6.07) is 4.14. The Morgan fingerprint density at radius 3 is 2.48 bits per heavy atom. The van der Waals surface area contributed by atoms with Gasteiger partial charge in [-0.3, -0.25) is 0 Å². The van der Waals surface area contributed by atoms with Gasteiger partial charge in [-0.05, 0) is 61.8 Å². The molecule has 5 nitrogen and oxygen atoms in total. The average Bonchev–Trinajstić information content (AvgIpc) is 3.02. The number of carbonyl (C=O) groups is 1. The van der Waals surface area contributed by atoms with Crippen molar-refractivity contribution in [2.45, 2.75) is 32.6 Å². The molecule has 0 saturated carbocycles. The lowest BCUT2D eigenvalue weighted by molar-refractivity contribution is 0.0918. The SMILES string of the molecule is CCOC(=O)N1CCC(CC2=Cc3cc(OC)c(OC)cc3C2)CC1. The molecule has 0 unspecified atom stereocenters. The van der Waals surface area contributed by atoms with Gasteiger partial charge in [-0.15, -0.1) is 0 Å². The van der Waals surface area contributed by atoms with E-state index in [9.17, 15) is 4.79 Å². The second-order valence-corrected chi connectivity index (χ2v) is 6.72. The van der Waals surface area contributed by atoms with Gasteiger partial charge >= 0.3 is 6.09 Å². The lowest BCUT2D eigenvalue weighted by Crippen LogP contribution is -2.38. The monoisotopic (exact) mass is 345 g/mol. The molecule has 2 aliphatic rings. The highest BCUT2D eigenvalue weighted by Gasteiger charge is 2.25. The predicted molar refractivity (Wildman–Crippen MR) is 97.2 cm³/mol. The number of carbonyl (C=O) groups excluding carboxylic acids is 1. The third-order valence-electron chi connectivity index (χ3n) is 5.11. The number of amides is 1. The molecule has 3 rings (SSSR count). The number of rotatable bonds is 5. The number of methoxy groups -OCH3 is 2. The molecule has 1 aliphatic heterocycles. The van der Waals surface area contributed by atoms with Crippen LogP contribution in [0.5, 0.6) is 11.5 Å². The first-order valence-corrected chi connectivity index (χ1v) is 9.00. The maximum atomic E-state index is 11.8. The van der Waals surface area contributed by atoms with Gasteiger partial charge in [-0.1, -0.05) is 11.6 Å². The molecule has 0 spiro atoms. The summed E-state index contributed by atoms with van der Waals surface area (Å²) in [5.74, 6) is 2.20.